The maximum atomic E-state index is 12.2. The van der Waals surface area contributed by atoms with Crippen LogP contribution in [0.1, 0.15) is 44.9 Å². The molecule has 0 spiro atoms. The molecule has 2 aliphatic carbocycles. The number of fused-ring (bicyclic) bond motifs is 1. The predicted octanol–water partition coefficient (Wildman–Crippen LogP) is 4.92. The first-order chi connectivity index (χ1) is 14.7. The van der Waals surface area contributed by atoms with Crippen molar-refractivity contribution >= 4 is 34.4 Å². The molecule has 3 aromatic rings. The molecule has 0 unspecified atom stereocenters. The Hall–Kier alpha value is -2.60. The topological polar surface area (TPSA) is 82.7 Å². The number of carbonyl (C=O) groups excluding carboxylic acids is 1. The number of halogens is 1. The summed E-state index contributed by atoms with van der Waals surface area (Å²) < 4.78 is 0. The first kappa shape index (κ1) is 19.4. The van der Waals surface area contributed by atoms with Crippen LogP contribution in [0.2, 0.25) is 5.15 Å². The molecular formula is C23H26ClN5O. The van der Waals surface area contributed by atoms with Crippen molar-refractivity contribution in [2.45, 2.75) is 57.0 Å². The van der Waals surface area contributed by atoms with Gasteiger partial charge in [-0.2, -0.15) is 0 Å². The van der Waals surface area contributed by atoms with E-state index >= 15 is 0 Å². The zero-order valence-electron chi connectivity index (χ0n) is 16.8. The predicted molar refractivity (Wildman–Crippen MR) is 119 cm³/mol. The summed E-state index contributed by atoms with van der Waals surface area (Å²) in [4.78, 5) is 24.3. The number of hydrogen-bond donors (Lipinski definition) is 3. The number of nitrogens with zero attached hydrogens (tertiary/aromatic N) is 2. The number of amides is 1. The fraction of sp³-hybridized carbons (Fsp3) is 0.435. The number of pyridine rings is 2. The minimum absolute atomic E-state index is 0.257. The highest BCUT2D eigenvalue weighted by Gasteiger charge is 2.29. The van der Waals surface area contributed by atoms with Crippen LogP contribution in [0.3, 0.4) is 0 Å². The van der Waals surface area contributed by atoms with Gasteiger partial charge in [0.2, 0.25) is 5.91 Å². The number of aromatic nitrogens is 3. The highest BCUT2D eigenvalue weighted by atomic mass is 35.5. The number of hydrogen-bond acceptors (Lipinski definition) is 4. The van der Waals surface area contributed by atoms with E-state index in [0.29, 0.717) is 17.2 Å². The highest BCUT2D eigenvalue weighted by Crippen LogP contribution is 2.32. The van der Waals surface area contributed by atoms with E-state index in [0.717, 1.165) is 66.5 Å². The second-order valence-corrected chi connectivity index (χ2v) is 8.88. The minimum atomic E-state index is 0.257. The molecule has 2 saturated carbocycles. The molecule has 0 aromatic carbocycles. The highest BCUT2D eigenvalue weighted by molar-refractivity contribution is 6.29. The molecule has 30 heavy (non-hydrogen) atoms. The summed E-state index contributed by atoms with van der Waals surface area (Å²) in [6, 6.07) is 8.56. The Morgan fingerprint density at radius 3 is 2.67 bits per heavy atom. The first-order valence-corrected chi connectivity index (χ1v) is 11.2. The van der Waals surface area contributed by atoms with Crippen molar-refractivity contribution in [1.82, 2.24) is 20.3 Å². The average Bonchev–Trinajstić information content (AvgIpc) is 3.12. The Kier molecular flexibility index (Phi) is 5.34. The third kappa shape index (κ3) is 4.01. The summed E-state index contributed by atoms with van der Waals surface area (Å²) in [6.45, 7) is 0. The summed E-state index contributed by atoms with van der Waals surface area (Å²) >= 11 is 6.34. The SMILES string of the molecule is O=C(N[C@H]1CC[C@H](Nc2cc(-c3c[nH]c4ncccc34)cc(Cl)n2)CC1)C1CCC1. The third-order valence-corrected chi connectivity index (χ3v) is 6.65. The number of anilines is 1. The molecule has 6 nitrogen and oxygen atoms in total. The number of aromatic amines is 1. The standard InChI is InChI=1S/C23H26ClN5O/c24-20-11-15(19-13-26-22-18(19)5-2-10-25-22)12-21(29-20)27-16-6-8-17(9-7-16)28-23(30)14-3-1-4-14/h2,5,10-14,16-17H,1,3-4,6-9H2,(H,25,26)(H,27,29)(H,28,30)/t16-,17-. The molecule has 2 fully saturated rings. The number of nitrogens with one attached hydrogen (secondary N) is 3. The van der Waals surface area contributed by atoms with Gasteiger partial charge in [-0.3, -0.25) is 4.79 Å². The van der Waals surface area contributed by atoms with Gasteiger partial charge in [-0.15, -0.1) is 0 Å². The second kappa shape index (κ2) is 8.26. The van der Waals surface area contributed by atoms with Crippen LogP contribution in [0.15, 0.2) is 36.7 Å². The summed E-state index contributed by atoms with van der Waals surface area (Å²) in [5, 5.41) is 8.33. The van der Waals surface area contributed by atoms with E-state index in [9.17, 15) is 4.79 Å². The van der Waals surface area contributed by atoms with Crippen molar-refractivity contribution in [3.8, 4) is 11.1 Å². The van der Waals surface area contributed by atoms with E-state index in [1.807, 2.05) is 24.4 Å². The second-order valence-electron chi connectivity index (χ2n) is 8.50. The molecule has 0 saturated heterocycles. The lowest BCUT2D eigenvalue weighted by Crippen LogP contribution is -2.44. The lowest BCUT2D eigenvalue weighted by atomic mass is 9.84. The van der Waals surface area contributed by atoms with Crippen LogP contribution in [0.5, 0.6) is 0 Å². The Labute approximate surface area is 180 Å². The first-order valence-electron chi connectivity index (χ1n) is 10.8. The Morgan fingerprint density at radius 1 is 1.10 bits per heavy atom. The maximum Gasteiger partial charge on any atom is 0.223 e. The molecule has 3 aromatic heterocycles. The van der Waals surface area contributed by atoms with Crippen LogP contribution in [-0.4, -0.2) is 32.9 Å². The van der Waals surface area contributed by atoms with E-state index in [1.165, 1.54) is 6.42 Å². The molecule has 156 valence electrons. The van der Waals surface area contributed by atoms with Crippen LogP contribution in [0.25, 0.3) is 22.2 Å². The van der Waals surface area contributed by atoms with Crippen molar-refractivity contribution in [2.75, 3.05) is 5.32 Å². The smallest absolute Gasteiger partial charge is 0.223 e. The van der Waals surface area contributed by atoms with Crippen LogP contribution < -0.4 is 10.6 Å². The van der Waals surface area contributed by atoms with Crippen molar-refractivity contribution in [3.05, 3.63) is 41.8 Å². The zero-order valence-corrected chi connectivity index (χ0v) is 17.6. The molecule has 5 rings (SSSR count). The summed E-state index contributed by atoms with van der Waals surface area (Å²) in [5.41, 5.74) is 2.93. The van der Waals surface area contributed by atoms with Gasteiger partial charge in [-0.1, -0.05) is 18.0 Å². The molecule has 0 bridgehead atoms. The van der Waals surface area contributed by atoms with Gasteiger partial charge in [-0.25, -0.2) is 9.97 Å². The maximum absolute atomic E-state index is 12.2. The Bertz CT molecular complexity index is 1050. The largest absolute Gasteiger partial charge is 0.367 e. The lowest BCUT2D eigenvalue weighted by molar-refractivity contribution is -0.128. The van der Waals surface area contributed by atoms with Gasteiger partial charge >= 0.3 is 0 Å². The van der Waals surface area contributed by atoms with Gasteiger partial charge < -0.3 is 15.6 Å². The monoisotopic (exact) mass is 423 g/mol. The fourth-order valence-electron chi connectivity index (χ4n) is 4.50. The molecule has 0 radical (unpaired) electrons. The third-order valence-electron chi connectivity index (χ3n) is 6.46. The molecule has 3 heterocycles. The molecule has 7 heteroatoms. The van der Waals surface area contributed by atoms with Gasteiger partial charge in [0, 0.05) is 41.3 Å². The molecule has 2 aliphatic rings. The van der Waals surface area contributed by atoms with Gasteiger partial charge in [0.05, 0.1) is 0 Å². The Balaban J connectivity index is 1.24. The van der Waals surface area contributed by atoms with Gasteiger partial charge in [0.15, 0.2) is 0 Å². The van der Waals surface area contributed by atoms with Crippen molar-refractivity contribution in [3.63, 3.8) is 0 Å². The summed E-state index contributed by atoms with van der Waals surface area (Å²) in [5.74, 6) is 1.30. The number of rotatable bonds is 5. The normalized spacial score (nSPS) is 21.9. The van der Waals surface area contributed by atoms with Crippen molar-refractivity contribution in [1.29, 1.82) is 0 Å². The average molecular weight is 424 g/mol. The van der Waals surface area contributed by atoms with Crippen LogP contribution in [0.4, 0.5) is 5.82 Å². The minimum Gasteiger partial charge on any atom is -0.367 e. The number of carbonyl (C=O) groups is 1. The summed E-state index contributed by atoms with van der Waals surface area (Å²) in [7, 11) is 0. The lowest BCUT2D eigenvalue weighted by Gasteiger charge is -2.32. The van der Waals surface area contributed by atoms with E-state index in [2.05, 4.69) is 31.7 Å². The van der Waals surface area contributed by atoms with Gasteiger partial charge in [-0.05, 0) is 68.4 Å². The van der Waals surface area contributed by atoms with Crippen LogP contribution >= 0.6 is 11.6 Å². The van der Waals surface area contributed by atoms with Crippen molar-refractivity contribution < 1.29 is 4.79 Å². The van der Waals surface area contributed by atoms with E-state index in [1.54, 1.807) is 6.20 Å². The molecule has 1 amide bonds. The molecule has 3 N–H and O–H groups in total. The van der Waals surface area contributed by atoms with E-state index in [4.69, 9.17) is 11.6 Å². The molecule has 0 aliphatic heterocycles. The van der Waals surface area contributed by atoms with Gasteiger partial charge in [0.1, 0.15) is 16.6 Å². The number of H-pyrrole nitrogens is 1. The van der Waals surface area contributed by atoms with Crippen LogP contribution in [0, 0.1) is 5.92 Å². The van der Waals surface area contributed by atoms with Gasteiger partial charge in [0.25, 0.3) is 0 Å². The quantitative estimate of drug-likeness (QED) is 0.509. The van der Waals surface area contributed by atoms with E-state index in [-0.39, 0.29) is 11.8 Å². The Morgan fingerprint density at radius 2 is 1.90 bits per heavy atom. The molecular weight excluding hydrogens is 398 g/mol. The fourth-order valence-corrected chi connectivity index (χ4v) is 4.71. The molecule has 0 atom stereocenters. The zero-order chi connectivity index (χ0) is 20.5. The summed E-state index contributed by atoms with van der Waals surface area (Å²) in [6.07, 6.45) is 11.1. The van der Waals surface area contributed by atoms with E-state index < -0.39 is 0 Å². The van der Waals surface area contributed by atoms with Crippen molar-refractivity contribution in [2.24, 2.45) is 5.92 Å². The van der Waals surface area contributed by atoms with Crippen LogP contribution in [-0.2, 0) is 4.79 Å².